The van der Waals surface area contributed by atoms with E-state index in [-0.39, 0.29) is 17.6 Å². The van der Waals surface area contributed by atoms with Crippen molar-refractivity contribution in [1.82, 2.24) is 4.90 Å². The van der Waals surface area contributed by atoms with Gasteiger partial charge in [0, 0.05) is 25.9 Å². The first-order valence-corrected chi connectivity index (χ1v) is 7.82. The highest BCUT2D eigenvalue weighted by Crippen LogP contribution is 2.39. The Balaban J connectivity index is 1.71. The first-order valence-electron chi connectivity index (χ1n) is 7.82. The van der Waals surface area contributed by atoms with Gasteiger partial charge in [-0.15, -0.1) is 0 Å². The van der Waals surface area contributed by atoms with Gasteiger partial charge in [0.1, 0.15) is 6.04 Å². The normalized spacial score (nSPS) is 38.1. The second-order valence-corrected chi connectivity index (χ2v) is 6.58. The molecule has 3 atom stereocenters. The van der Waals surface area contributed by atoms with E-state index in [2.05, 4.69) is 11.8 Å². The van der Waals surface area contributed by atoms with E-state index in [4.69, 9.17) is 9.47 Å². The van der Waals surface area contributed by atoms with Crippen LogP contribution in [0, 0.1) is 5.92 Å². The van der Waals surface area contributed by atoms with Crippen molar-refractivity contribution in [3.63, 3.8) is 0 Å². The molecule has 3 rings (SSSR count). The highest BCUT2D eigenvalue weighted by atomic mass is 16.5. The molecule has 3 unspecified atom stereocenters. The van der Waals surface area contributed by atoms with Gasteiger partial charge in [0.25, 0.3) is 0 Å². The predicted molar refractivity (Wildman–Crippen MR) is 73.7 cm³/mol. The molecule has 0 radical (unpaired) electrons. The van der Waals surface area contributed by atoms with E-state index < -0.39 is 5.97 Å². The molecule has 0 aliphatic carbocycles. The van der Waals surface area contributed by atoms with Crippen molar-refractivity contribution in [2.24, 2.45) is 5.92 Å². The fraction of sp³-hybridized carbons (Fsp3) is 0.933. The first-order chi connectivity index (χ1) is 9.61. The van der Waals surface area contributed by atoms with Crippen molar-refractivity contribution in [3.05, 3.63) is 0 Å². The summed E-state index contributed by atoms with van der Waals surface area (Å²) in [5, 5.41) is 9.49. The number of ether oxygens (including phenoxy) is 2. The van der Waals surface area contributed by atoms with Gasteiger partial charge in [0.2, 0.25) is 0 Å². The number of carboxylic acid groups (broad SMARTS) is 1. The van der Waals surface area contributed by atoms with Gasteiger partial charge in [-0.2, -0.15) is 0 Å². The Hall–Kier alpha value is -0.650. The van der Waals surface area contributed by atoms with E-state index in [0.29, 0.717) is 6.04 Å². The Bertz CT molecular complexity index is 361. The summed E-state index contributed by atoms with van der Waals surface area (Å²) >= 11 is 0. The van der Waals surface area contributed by atoms with E-state index in [9.17, 15) is 9.90 Å². The minimum Gasteiger partial charge on any atom is -0.480 e. The van der Waals surface area contributed by atoms with Crippen LogP contribution in [-0.2, 0) is 14.3 Å². The quantitative estimate of drug-likeness (QED) is 0.832. The molecule has 3 saturated heterocycles. The lowest BCUT2D eigenvalue weighted by Gasteiger charge is -2.46. The highest BCUT2D eigenvalue weighted by Gasteiger charge is 2.46. The number of likely N-dealkylation sites (tertiary alicyclic amines) is 1. The van der Waals surface area contributed by atoms with Gasteiger partial charge >= 0.3 is 5.97 Å². The van der Waals surface area contributed by atoms with Gasteiger partial charge in [0.05, 0.1) is 5.60 Å². The third-order valence-corrected chi connectivity index (χ3v) is 5.33. The van der Waals surface area contributed by atoms with Crippen molar-refractivity contribution in [3.8, 4) is 0 Å². The van der Waals surface area contributed by atoms with E-state index >= 15 is 0 Å². The fourth-order valence-electron chi connectivity index (χ4n) is 4.15. The number of carbonyl (C=O) groups is 1. The standard InChI is InChI=1S/C15H25NO4/c1-11-2-6-16(13(11)14(17)18)12-3-7-20-15(10-12)4-8-19-9-5-15/h11-13H,2-10H2,1H3,(H,17,18). The number of aliphatic carboxylic acids is 1. The molecule has 3 aliphatic rings. The van der Waals surface area contributed by atoms with Crippen molar-refractivity contribution < 1.29 is 19.4 Å². The lowest BCUT2D eigenvalue weighted by Crippen LogP contribution is -2.54. The van der Waals surface area contributed by atoms with Crippen LogP contribution in [-0.4, -0.2) is 60.0 Å². The van der Waals surface area contributed by atoms with Crippen molar-refractivity contribution in [1.29, 1.82) is 0 Å². The third kappa shape index (κ3) is 2.59. The number of hydrogen-bond donors (Lipinski definition) is 1. The summed E-state index contributed by atoms with van der Waals surface area (Å²) < 4.78 is 11.5. The van der Waals surface area contributed by atoms with Crippen LogP contribution in [0.3, 0.4) is 0 Å². The third-order valence-electron chi connectivity index (χ3n) is 5.33. The maximum absolute atomic E-state index is 11.5. The molecular weight excluding hydrogens is 258 g/mol. The Morgan fingerprint density at radius 2 is 2.00 bits per heavy atom. The van der Waals surface area contributed by atoms with Crippen LogP contribution < -0.4 is 0 Å². The fourth-order valence-corrected chi connectivity index (χ4v) is 4.15. The van der Waals surface area contributed by atoms with Crippen LogP contribution in [0.2, 0.25) is 0 Å². The minimum absolute atomic E-state index is 0.0595. The van der Waals surface area contributed by atoms with E-state index in [1.165, 1.54) is 0 Å². The topological polar surface area (TPSA) is 59.0 Å². The largest absolute Gasteiger partial charge is 0.480 e. The molecule has 5 heteroatoms. The number of hydrogen-bond acceptors (Lipinski definition) is 4. The molecule has 0 aromatic heterocycles. The molecule has 3 aliphatic heterocycles. The SMILES string of the molecule is CC1CCN(C2CCOC3(CCOCC3)C2)C1C(=O)O. The van der Waals surface area contributed by atoms with E-state index in [1.807, 2.05) is 0 Å². The molecule has 5 nitrogen and oxygen atoms in total. The monoisotopic (exact) mass is 283 g/mol. The summed E-state index contributed by atoms with van der Waals surface area (Å²) in [4.78, 5) is 13.8. The zero-order valence-electron chi connectivity index (χ0n) is 12.2. The second-order valence-electron chi connectivity index (χ2n) is 6.58. The first kappa shape index (κ1) is 14.3. The molecule has 1 N–H and O–H groups in total. The summed E-state index contributed by atoms with van der Waals surface area (Å²) in [7, 11) is 0. The average Bonchev–Trinajstić information content (AvgIpc) is 2.82. The summed E-state index contributed by atoms with van der Waals surface area (Å²) in [5.41, 5.74) is -0.0595. The lowest BCUT2D eigenvalue weighted by atomic mass is 9.83. The van der Waals surface area contributed by atoms with E-state index in [0.717, 1.165) is 58.5 Å². The van der Waals surface area contributed by atoms with Gasteiger partial charge < -0.3 is 14.6 Å². The molecule has 0 aromatic carbocycles. The maximum Gasteiger partial charge on any atom is 0.321 e. The number of carboxylic acids is 1. The summed E-state index contributed by atoms with van der Waals surface area (Å²) in [5.74, 6) is -0.413. The highest BCUT2D eigenvalue weighted by molar-refractivity contribution is 5.74. The van der Waals surface area contributed by atoms with Crippen LogP contribution in [0.4, 0.5) is 0 Å². The molecule has 0 bridgehead atoms. The Morgan fingerprint density at radius 1 is 1.25 bits per heavy atom. The molecule has 20 heavy (non-hydrogen) atoms. The average molecular weight is 283 g/mol. The number of nitrogens with zero attached hydrogens (tertiary/aromatic N) is 1. The summed E-state index contributed by atoms with van der Waals surface area (Å²) in [6, 6.07) is 0.0443. The smallest absolute Gasteiger partial charge is 0.321 e. The molecular formula is C15H25NO4. The van der Waals surface area contributed by atoms with Crippen LogP contribution in [0.1, 0.15) is 39.0 Å². The van der Waals surface area contributed by atoms with Crippen molar-refractivity contribution in [2.45, 2.75) is 56.7 Å². The Morgan fingerprint density at radius 3 is 2.70 bits per heavy atom. The van der Waals surface area contributed by atoms with Gasteiger partial charge in [-0.05, 0) is 44.6 Å². The number of rotatable bonds is 2. The summed E-state index contributed by atoms with van der Waals surface area (Å²) in [6.07, 6.45) is 4.81. The zero-order chi connectivity index (χ0) is 14.2. The van der Waals surface area contributed by atoms with Crippen LogP contribution in [0.5, 0.6) is 0 Å². The Labute approximate surface area is 120 Å². The van der Waals surface area contributed by atoms with Crippen molar-refractivity contribution in [2.75, 3.05) is 26.4 Å². The molecule has 3 heterocycles. The maximum atomic E-state index is 11.5. The van der Waals surface area contributed by atoms with Gasteiger partial charge in [0.15, 0.2) is 0 Å². The molecule has 114 valence electrons. The molecule has 0 saturated carbocycles. The van der Waals surface area contributed by atoms with Gasteiger partial charge in [-0.25, -0.2) is 0 Å². The summed E-state index contributed by atoms with van der Waals surface area (Å²) in [6.45, 7) is 5.26. The van der Waals surface area contributed by atoms with Crippen molar-refractivity contribution >= 4 is 5.97 Å². The second kappa shape index (κ2) is 5.62. The predicted octanol–water partition coefficient (Wildman–Crippen LogP) is 1.51. The van der Waals surface area contributed by atoms with Gasteiger partial charge in [-0.1, -0.05) is 6.92 Å². The minimum atomic E-state index is -0.664. The molecule has 0 amide bonds. The molecule has 0 aromatic rings. The van der Waals surface area contributed by atoms with Crippen LogP contribution >= 0.6 is 0 Å². The zero-order valence-corrected chi connectivity index (χ0v) is 12.2. The van der Waals surface area contributed by atoms with Gasteiger partial charge in [-0.3, -0.25) is 9.69 Å². The molecule has 3 fully saturated rings. The van der Waals surface area contributed by atoms with Crippen LogP contribution in [0.25, 0.3) is 0 Å². The lowest BCUT2D eigenvalue weighted by molar-refractivity contribution is -0.160. The van der Waals surface area contributed by atoms with Crippen LogP contribution in [0.15, 0.2) is 0 Å². The molecule has 1 spiro atoms. The Kier molecular flexibility index (Phi) is 4.02. The van der Waals surface area contributed by atoms with E-state index in [1.54, 1.807) is 0 Å².